The molecular formula is C15H23ClN2. The van der Waals surface area contributed by atoms with Crippen LogP contribution in [-0.2, 0) is 5.41 Å². The fourth-order valence-electron chi connectivity index (χ4n) is 2.90. The summed E-state index contributed by atoms with van der Waals surface area (Å²) in [6.45, 7) is 7.48. The summed E-state index contributed by atoms with van der Waals surface area (Å²) >= 11 is 6.11. The van der Waals surface area contributed by atoms with E-state index >= 15 is 0 Å². The molecule has 0 aromatic heterocycles. The van der Waals surface area contributed by atoms with Crippen molar-refractivity contribution >= 4 is 11.6 Å². The van der Waals surface area contributed by atoms with E-state index in [9.17, 15) is 0 Å². The van der Waals surface area contributed by atoms with Gasteiger partial charge in [0.25, 0.3) is 0 Å². The number of halogens is 1. The third kappa shape index (κ3) is 2.71. The SMILES string of the molecule is CC(C)N1CCC(CN)(c2cccc(Cl)c2)CC1. The average Bonchev–Trinajstić information content (AvgIpc) is 2.38. The standard InChI is InChI=1S/C15H23ClN2/c1-12(2)18-8-6-15(11-17,7-9-18)13-4-3-5-14(16)10-13/h3-5,10,12H,6-9,11,17H2,1-2H3. The lowest BCUT2D eigenvalue weighted by Gasteiger charge is -2.43. The van der Waals surface area contributed by atoms with E-state index in [0.29, 0.717) is 12.6 Å². The van der Waals surface area contributed by atoms with Crippen LogP contribution in [0.5, 0.6) is 0 Å². The zero-order valence-corrected chi connectivity index (χ0v) is 12.1. The van der Waals surface area contributed by atoms with Gasteiger partial charge in [-0.15, -0.1) is 0 Å². The van der Waals surface area contributed by atoms with Gasteiger partial charge in [0.1, 0.15) is 0 Å². The Morgan fingerprint density at radius 2 is 2.00 bits per heavy atom. The Morgan fingerprint density at radius 3 is 2.50 bits per heavy atom. The Morgan fingerprint density at radius 1 is 1.33 bits per heavy atom. The molecule has 1 fully saturated rings. The number of nitrogens with two attached hydrogens (primary N) is 1. The normalized spacial score (nSPS) is 20.3. The van der Waals surface area contributed by atoms with E-state index in [-0.39, 0.29) is 5.41 Å². The molecule has 0 atom stereocenters. The van der Waals surface area contributed by atoms with Gasteiger partial charge < -0.3 is 10.6 Å². The second-order valence-electron chi connectivity index (χ2n) is 5.62. The third-order valence-electron chi connectivity index (χ3n) is 4.31. The molecule has 1 aliphatic rings. The molecule has 1 heterocycles. The van der Waals surface area contributed by atoms with Crippen LogP contribution in [0.25, 0.3) is 0 Å². The minimum Gasteiger partial charge on any atom is -0.330 e. The predicted molar refractivity (Wildman–Crippen MR) is 78.1 cm³/mol. The third-order valence-corrected chi connectivity index (χ3v) is 4.55. The molecule has 0 amide bonds. The van der Waals surface area contributed by atoms with Crippen LogP contribution in [0.4, 0.5) is 0 Å². The van der Waals surface area contributed by atoms with Crippen molar-refractivity contribution in [1.29, 1.82) is 0 Å². The minimum absolute atomic E-state index is 0.121. The van der Waals surface area contributed by atoms with Gasteiger partial charge in [0, 0.05) is 23.0 Å². The highest BCUT2D eigenvalue weighted by Crippen LogP contribution is 2.36. The van der Waals surface area contributed by atoms with Crippen molar-refractivity contribution < 1.29 is 0 Å². The Hall–Kier alpha value is -0.570. The Labute approximate surface area is 115 Å². The molecule has 1 saturated heterocycles. The highest BCUT2D eigenvalue weighted by atomic mass is 35.5. The second-order valence-corrected chi connectivity index (χ2v) is 6.06. The van der Waals surface area contributed by atoms with Crippen molar-refractivity contribution in [2.24, 2.45) is 5.73 Å². The maximum absolute atomic E-state index is 6.11. The van der Waals surface area contributed by atoms with Crippen molar-refractivity contribution in [3.8, 4) is 0 Å². The lowest BCUT2D eigenvalue weighted by Crippen LogP contribution is -2.48. The molecule has 1 aromatic rings. The second kappa shape index (κ2) is 5.60. The molecule has 3 heteroatoms. The van der Waals surface area contributed by atoms with Crippen LogP contribution in [0.3, 0.4) is 0 Å². The first-order valence-corrected chi connectivity index (χ1v) is 7.15. The van der Waals surface area contributed by atoms with Gasteiger partial charge in [-0.2, -0.15) is 0 Å². The van der Waals surface area contributed by atoms with Crippen LogP contribution in [0.2, 0.25) is 5.02 Å². The van der Waals surface area contributed by atoms with Gasteiger partial charge in [0.2, 0.25) is 0 Å². The number of piperidine rings is 1. The molecule has 2 N–H and O–H groups in total. The number of rotatable bonds is 3. The fraction of sp³-hybridized carbons (Fsp3) is 0.600. The van der Waals surface area contributed by atoms with Crippen LogP contribution in [-0.4, -0.2) is 30.6 Å². The van der Waals surface area contributed by atoms with E-state index < -0.39 is 0 Å². The smallest absolute Gasteiger partial charge is 0.0408 e. The predicted octanol–water partition coefficient (Wildman–Crippen LogP) is 3.04. The molecule has 2 rings (SSSR count). The number of nitrogens with zero attached hydrogens (tertiary/aromatic N) is 1. The van der Waals surface area contributed by atoms with Crippen molar-refractivity contribution in [3.63, 3.8) is 0 Å². The topological polar surface area (TPSA) is 29.3 Å². The first-order valence-electron chi connectivity index (χ1n) is 6.77. The van der Waals surface area contributed by atoms with E-state index in [2.05, 4.69) is 30.9 Å². The molecule has 2 nitrogen and oxygen atoms in total. The van der Waals surface area contributed by atoms with Gasteiger partial charge in [-0.05, 0) is 57.5 Å². The molecule has 1 aliphatic heterocycles. The van der Waals surface area contributed by atoms with Gasteiger partial charge in [0.05, 0.1) is 0 Å². The number of likely N-dealkylation sites (tertiary alicyclic amines) is 1. The van der Waals surface area contributed by atoms with E-state index in [1.54, 1.807) is 0 Å². The molecule has 18 heavy (non-hydrogen) atoms. The van der Waals surface area contributed by atoms with Crippen LogP contribution in [0.15, 0.2) is 24.3 Å². The van der Waals surface area contributed by atoms with Crippen molar-refractivity contribution in [1.82, 2.24) is 4.90 Å². The lowest BCUT2D eigenvalue weighted by molar-refractivity contribution is 0.132. The Bertz CT molecular complexity index is 395. The zero-order chi connectivity index (χ0) is 13.2. The molecular weight excluding hydrogens is 244 g/mol. The van der Waals surface area contributed by atoms with Gasteiger partial charge in [-0.25, -0.2) is 0 Å². The summed E-state index contributed by atoms with van der Waals surface area (Å²) in [5.74, 6) is 0. The van der Waals surface area contributed by atoms with E-state index in [0.717, 1.165) is 31.0 Å². The summed E-state index contributed by atoms with van der Waals surface area (Å²) in [5, 5.41) is 0.812. The van der Waals surface area contributed by atoms with E-state index in [1.807, 2.05) is 12.1 Å². The maximum Gasteiger partial charge on any atom is 0.0408 e. The Balaban J connectivity index is 2.18. The van der Waals surface area contributed by atoms with Crippen LogP contribution in [0.1, 0.15) is 32.3 Å². The first-order chi connectivity index (χ1) is 8.57. The maximum atomic E-state index is 6.11. The van der Waals surface area contributed by atoms with Crippen molar-refractivity contribution in [2.45, 2.75) is 38.1 Å². The molecule has 1 aromatic carbocycles. The summed E-state index contributed by atoms with van der Waals surface area (Å²) < 4.78 is 0. The van der Waals surface area contributed by atoms with E-state index in [4.69, 9.17) is 17.3 Å². The summed E-state index contributed by atoms with van der Waals surface area (Å²) in [7, 11) is 0. The fourth-order valence-corrected chi connectivity index (χ4v) is 3.09. The number of benzene rings is 1. The molecule has 0 bridgehead atoms. The minimum atomic E-state index is 0.121. The summed E-state index contributed by atoms with van der Waals surface area (Å²) in [4.78, 5) is 2.53. The van der Waals surface area contributed by atoms with Gasteiger partial charge >= 0.3 is 0 Å². The first kappa shape index (κ1) is 13.9. The monoisotopic (exact) mass is 266 g/mol. The average molecular weight is 267 g/mol. The van der Waals surface area contributed by atoms with Gasteiger partial charge in [-0.1, -0.05) is 23.7 Å². The van der Waals surface area contributed by atoms with Crippen LogP contribution >= 0.6 is 11.6 Å². The highest BCUT2D eigenvalue weighted by molar-refractivity contribution is 6.30. The molecule has 0 spiro atoms. The number of hydrogen-bond acceptors (Lipinski definition) is 2. The molecule has 0 saturated carbocycles. The highest BCUT2D eigenvalue weighted by Gasteiger charge is 2.35. The van der Waals surface area contributed by atoms with E-state index in [1.165, 1.54) is 5.56 Å². The summed E-state index contributed by atoms with van der Waals surface area (Å²) in [6, 6.07) is 8.84. The zero-order valence-electron chi connectivity index (χ0n) is 11.3. The quantitative estimate of drug-likeness (QED) is 0.911. The van der Waals surface area contributed by atoms with Crippen molar-refractivity contribution in [3.05, 3.63) is 34.9 Å². The Kier molecular flexibility index (Phi) is 4.31. The molecule has 0 unspecified atom stereocenters. The summed E-state index contributed by atoms with van der Waals surface area (Å²) in [5.41, 5.74) is 7.51. The van der Waals surface area contributed by atoms with Gasteiger partial charge in [-0.3, -0.25) is 0 Å². The number of hydrogen-bond donors (Lipinski definition) is 1. The molecule has 0 aliphatic carbocycles. The molecule has 0 radical (unpaired) electrons. The van der Waals surface area contributed by atoms with Gasteiger partial charge in [0.15, 0.2) is 0 Å². The molecule has 100 valence electrons. The lowest BCUT2D eigenvalue weighted by atomic mass is 9.72. The largest absolute Gasteiger partial charge is 0.330 e. The van der Waals surface area contributed by atoms with Crippen molar-refractivity contribution in [2.75, 3.05) is 19.6 Å². The van der Waals surface area contributed by atoms with Crippen LogP contribution < -0.4 is 5.73 Å². The summed E-state index contributed by atoms with van der Waals surface area (Å²) in [6.07, 6.45) is 2.25. The van der Waals surface area contributed by atoms with Crippen LogP contribution in [0, 0.1) is 0 Å².